The summed E-state index contributed by atoms with van der Waals surface area (Å²) in [5.74, 6) is 0.180. The van der Waals surface area contributed by atoms with E-state index in [9.17, 15) is 9.90 Å². The number of phenols is 1. The standard InChI is InChI=1S/C15H13NO3/c1-2-19-15(18)16-13-6-4-3-5-11(13)12-9-10(17)7-8-14(12)16/h3-9,17H,2H2,1H3. The average molecular weight is 255 g/mol. The van der Waals surface area contributed by atoms with Gasteiger partial charge in [0.15, 0.2) is 0 Å². The summed E-state index contributed by atoms with van der Waals surface area (Å²) in [6, 6.07) is 12.5. The Morgan fingerprint density at radius 1 is 1.16 bits per heavy atom. The van der Waals surface area contributed by atoms with Crippen LogP contribution in [0.3, 0.4) is 0 Å². The topological polar surface area (TPSA) is 51.5 Å². The van der Waals surface area contributed by atoms with Crippen LogP contribution in [0.25, 0.3) is 21.8 Å². The Hall–Kier alpha value is -2.49. The van der Waals surface area contributed by atoms with Crippen LogP contribution in [0.4, 0.5) is 4.79 Å². The maximum atomic E-state index is 12.1. The van der Waals surface area contributed by atoms with E-state index in [-0.39, 0.29) is 5.75 Å². The molecule has 0 saturated heterocycles. The highest BCUT2D eigenvalue weighted by Gasteiger charge is 2.16. The lowest BCUT2D eigenvalue weighted by Gasteiger charge is -2.05. The molecule has 0 radical (unpaired) electrons. The number of phenolic OH excluding ortho intramolecular Hbond substituents is 1. The summed E-state index contributed by atoms with van der Waals surface area (Å²) in [6.07, 6.45) is -0.403. The second kappa shape index (κ2) is 4.31. The molecule has 0 aliphatic rings. The van der Waals surface area contributed by atoms with Crippen LogP contribution in [0.5, 0.6) is 5.75 Å². The molecule has 2 aromatic carbocycles. The second-order valence-electron chi connectivity index (χ2n) is 4.25. The number of carbonyl (C=O) groups is 1. The quantitative estimate of drug-likeness (QED) is 0.724. The lowest BCUT2D eigenvalue weighted by atomic mass is 10.1. The number of nitrogens with zero attached hydrogens (tertiary/aromatic N) is 1. The van der Waals surface area contributed by atoms with Crippen molar-refractivity contribution in [2.24, 2.45) is 0 Å². The number of fused-ring (bicyclic) bond motifs is 3. The molecule has 3 aromatic rings. The highest BCUT2D eigenvalue weighted by atomic mass is 16.5. The van der Waals surface area contributed by atoms with Gasteiger partial charge in [-0.2, -0.15) is 0 Å². The minimum atomic E-state index is -0.403. The molecule has 1 aromatic heterocycles. The summed E-state index contributed by atoms with van der Waals surface area (Å²) in [4.78, 5) is 12.1. The fourth-order valence-electron chi connectivity index (χ4n) is 2.35. The smallest absolute Gasteiger partial charge is 0.418 e. The van der Waals surface area contributed by atoms with Crippen LogP contribution < -0.4 is 0 Å². The molecule has 0 fully saturated rings. The third-order valence-corrected chi connectivity index (χ3v) is 3.11. The van der Waals surface area contributed by atoms with E-state index in [1.165, 1.54) is 4.57 Å². The molecular formula is C15H13NO3. The van der Waals surface area contributed by atoms with Gasteiger partial charge in [-0.3, -0.25) is 0 Å². The zero-order valence-electron chi connectivity index (χ0n) is 10.5. The SMILES string of the molecule is CCOC(=O)n1c2ccccc2c2cc(O)ccc21. The predicted octanol–water partition coefficient (Wildman–Crippen LogP) is 3.50. The van der Waals surface area contributed by atoms with Crippen molar-refractivity contribution < 1.29 is 14.6 Å². The average Bonchev–Trinajstić information content (AvgIpc) is 2.73. The summed E-state index contributed by atoms with van der Waals surface area (Å²) >= 11 is 0. The molecule has 1 N–H and O–H groups in total. The number of aromatic hydroxyl groups is 1. The predicted molar refractivity (Wildman–Crippen MR) is 73.5 cm³/mol. The number of para-hydroxylation sites is 1. The first kappa shape index (κ1) is 11.6. The van der Waals surface area contributed by atoms with Gasteiger partial charge in [-0.05, 0) is 31.2 Å². The summed E-state index contributed by atoms with van der Waals surface area (Å²) in [7, 11) is 0. The van der Waals surface area contributed by atoms with E-state index in [1.807, 2.05) is 24.3 Å². The molecule has 0 spiro atoms. The van der Waals surface area contributed by atoms with Crippen molar-refractivity contribution in [2.45, 2.75) is 6.92 Å². The zero-order valence-corrected chi connectivity index (χ0v) is 10.5. The van der Waals surface area contributed by atoms with Crippen LogP contribution in [0.15, 0.2) is 42.5 Å². The first-order chi connectivity index (χ1) is 9.22. The Balaban J connectivity index is 2.42. The molecule has 0 unspecified atom stereocenters. The Morgan fingerprint density at radius 2 is 1.89 bits per heavy atom. The van der Waals surface area contributed by atoms with E-state index in [2.05, 4.69) is 0 Å². The van der Waals surface area contributed by atoms with E-state index in [0.717, 1.165) is 21.8 Å². The summed E-state index contributed by atoms with van der Waals surface area (Å²) in [5.41, 5.74) is 1.51. The number of carbonyl (C=O) groups excluding carboxylic acids is 1. The van der Waals surface area contributed by atoms with Gasteiger partial charge in [0.05, 0.1) is 17.6 Å². The maximum Gasteiger partial charge on any atom is 0.418 e. The van der Waals surface area contributed by atoms with Crippen LogP contribution >= 0.6 is 0 Å². The summed E-state index contributed by atoms with van der Waals surface area (Å²) in [6.45, 7) is 2.10. The number of ether oxygens (including phenoxy) is 1. The van der Waals surface area contributed by atoms with Gasteiger partial charge in [-0.15, -0.1) is 0 Å². The molecule has 0 aliphatic heterocycles. The van der Waals surface area contributed by atoms with Crippen molar-refractivity contribution in [1.82, 2.24) is 4.57 Å². The number of rotatable bonds is 1. The molecule has 0 saturated carbocycles. The third kappa shape index (κ3) is 1.73. The molecule has 19 heavy (non-hydrogen) atoms. The molecule has 4 heteroatoms. The second-order valence-corrected chi connectivity index (χ2v) is 4.25. The van der Waals surface area contributed by atoms with Gasteiger partial charge in [0.25, 0.3) is 0 Å². The summed E-state index contributed by atoms with van der Waals surface area (Å²) < 4.78 is 6.63. The molecule has 0 amide bonds. The molecule has 0 atom stereocenters. The van der Waals surface area contributed by atoms with Crippen molar-refractivity contribution in [3.63, 3.8) is 0 Å². The van der Waals surface area contributed by atoms with E-state index < -0.39 is 6.09 Å². The summed E-state index contributed by atoms with van der Waals surface area (Å²) in [5, 5.41) is 11.4. The molecule has 3 rings (SSSR count). The van der Waals surface area contributed by atoms with Crippen molar-refractivity contribution in [3.05, 3.63) is 42.5 Å². The van der Waals surface area contributed by atoms with Crippen molar-refractivity contribution in [1.29, 1.82) is 0 Å². The van der Waals surface area contributed by atoms with E-state index >= 15 is 0 Å². The normalized spacial score (nSPS) is 11.0. The van der Waals surface area contributed by atoms with Crippen LogP contribution in [0, 0.1) is 0 Å². The lowest BCUT2D eigenvalue weighted by Crippen LogP contribution is -2.12. The molecular weight excluding hydrogens is 242 g/mol. The van der Waals surface area contributed by atoms with Crippen LogP contribution in [0.2, 0.25) is 0 Å². The highest BCUT2D eigenvalue weighted by Crippen LogP contribution is 2.31. The Bertz CT molecular complexity index is 774. The van der Waals surface area contributed by atoms with Gasteiger partial charge in [0.2, 0.25) is 0 Å². The first-order valence-electron chi connectivity index (χ1n) is 6.11. The van der Waals surface area contributed by atoms with Crippen molar-refractivity contribution >= 4 is 27.9 Å². The Labute approximate surface area is 109 Å². The highest BCUT2D eigenvalue weighted by molar-refractivity contribution is 6.12. The van der Waals surface area contributed by atoms with Crippen LogP contribution in [0.1, 0.15) is 6.92 Å². The van der Waals surface area contributed by atoms with Gasteiger partial charge >= 0.3 is 6.09 Å². The first-order valence-corrected chi connectivity index (χ1v) is 6.11. The van der Waals surface area contributed by atoms with Gasteiger partial charge in [0, 0.05) is 10.8 Å². The van der Waals surface area contributed by atoms with E-state index in [0.29, 0.717) is 6.61 Å². The number of hydrogen-bond acceptors (Lipinski definition) is 3. The van der Waals surface area contributed by atoms with E-state index in [1.54, 1.807) is 25.1 Å². The minimum Gasteiger partial charge on any atom is -0.508 e. The molecule has 96 valence electrons. The monoisotopic (exact) mass is 255 g/mol. The Morgan fingerprint density at radius 3 is 2.68 bits per heavy atom. The molecule has 0 aliphatic carbocycles. The van der Waals surface area contributed by atoms with E-state index in [4.69, 9.17) is 4.74 Å². The molecule has 4 nitrogen and oxygen atoms in total. The molecule has 1 heterocycles. The van der Waals surface area contributed by atoms with Gasteiger partial charge in [-0.25, -0.2) is 9.36 Å². The van der Waals surface area contributed by atoms with Gasteiger partial charge in [0.1, 0.15) is 5.75 Å². The minimum absolute atomic E-state index is 0.180. The number of hydrogen-bond donors (Lipinski definition) is 1. The number of aromatic nitrogens is 1. The largest absolute Gasteiger partial charge is 0.508 e. The van der Waals surface area contributed by atoms with Gasteiger partial charge in [-0.1, -0.05) is 18.2 Å². The van der Waals surface area contributed by atoms with Crippen LogP contribution in [-0.2, 0) is 4.74 Å². The third-order valence-electron chi connectivity index (χ3n) is 3.11. The lowest BCUT2D eigenvalue weighted by molar-refractivity contribution is 0.156. The molecule has 0 bridgehead atoms. The number of benzene rings is 2. The Kier molecular flexibility index (Phi) is 2.63. The van der Waals surface area contributed by atoms with Crippen molar-refractivity contribution in [3.8, 4) is 5.75 Å². The maximum absolute atomic E-state index is 12.1. The fraction of sp³-hybridized carbons (Fsp3) is 0.133. The fourth-order valence-corrected chi connectivity index (χ4v) is 2.35. The zero-order chi connectivity index (χ0) is 13.4. The van der Waals surface area contributed by atoms with Gasteiger partial charge < -0.3 is 9.84 Å². The van der Waals surface area contributed by atoms with Crippen LogP contribution in [-0.4, -0.2) is 22.4 Å². The van der Waals surface area contributed by atoms with Crippen molar-refractivity contribution in [2.75, 3.05) is 6.61 Å².